The van der Waals surface area contributed by atoms with Gasteiger partial charge in [-0.1, -0.05) is 20.3 Å². The van der Waals surface area contributed by atoms with Crippen LogP contribution in [0.3, 0.4) is 0 Å². The summed E-state index contributed by atoms with van der Waals surface area (Å²) in [6, 6.07) is 0.159. The highest BCUT2D eigenvalue weighted by molar-refractivity contribution is 5.77. The number of carbonyl (C=O) groups is 1. The summed E-state index contributed by atoms with van der Waals surface area (Å²) in [5.74, 6) is 0.203. The lowest BCUT2D eigenvalue weighted by molar-refractivity contribution is -0.120. The molecule has 0 aromatic heterocycles. The van der Waals surface area contributed by atoms with Gasteiger partial charge in [0, 0.05) is 19.2 Å². The Morgan fingerprint density at radius 2 is 2.07 bits per heavy atom. The molecule has 4 nitrogen and oxygen atoms in total. The standard InChI is InChI=1S/C11H24N2O2/c1-4-5-6-12-11(15)7-13-10(3)9(2)8-14/h9-10,13-14H,4-8H2,1-3H3,(H,12,15). The summed E-state index contributed by atoms with van der Waals surface area (Å²) in [5.41, 5.74) is 0. The molecule has 1 amide bonds. The molecule has 15 heavy (non-hydrogen) atoms. The largest absolute Gasteiger partial charge is 0.396 e. The van der Waals surface area contributed by atoms with Crippen molar-refractivity contribution in [2.24, 2.45) is 5.92 Å². The molecule has 4 heteroatoms. The Morgan fingerprint density at radius 1 is 1.40 bits per heavy atom. The quantitative estimate of drug-likeness (QED) is 0.518. The first-order valence-electron chi connectivity index (χ1n) is 5.72. The van der Waals surface area contributed by atoms with Crippen LogP contribution in [0.1, 0.15) is 33.6 Å². The van der Waals surface area contributed by atoms with E-state index in [1.807, 2.05) is 13.8 Å². The molecule has 0 spiro atoms. The zero-order valence-electron chi connectivity index (χ0n) is 10.0. The highest BCUT2D eigenvalue weighted by atomic mass is 16.3. The van der Waals surface area contributed by atoms with Gasteiger partial charge in [0.25, 0.3) is 0 Å². The third-order valence-electron chi connectivity index (χ3n) is 2.58. The minimum Gasteiger partial charge on any atom is -0.396 e. The summed E-state index contributed by atoms with van der Waals surface area (Å²) >= 11 is 0. The average Bonchev–Trinajstić information content (AvgIpc) is 2.25. The number of amides is 1. The van der Waals surface area contributed by atoms with E-state index in [0.717, 1.165) is 19.4 Å². The molecule has 0 bridgehead atoms. The molecule has 2 unspecified atom stereocenters. The molecular weight excluding hydrogens is 192 g/mol. The summed E-state index contributed by atoms with van der Waals surface area (Å²) in [6.45, 7) is 7.24. The van der Waals surface area contributed by atoms with Gasteiger partial charge in [0.05, 0.1) is 6.54 Å². The zero-order chi connectivity index (χ0) is 11.7. The molecule has 3 N–H and O–H groups in total. The van der Waals surface area contributed by atoms with Crippen LogP contribution < -0.4 is 10.6 Å². The molecule has 0 aliphatic carbocycles. The van der Waals surface area contributed by atoms with Gasteiger partial charge in [-0.2, -0.15) is 0 Å². The summed E-state index contributed by atoms with van der Waals surface area (Å²) in [7, 11) is 0. The van der Waals surface area contributed by atoms with Crippen molar-refractivity contribution in [3.8, 4) is 0 Å². The Hall–Kier alpha value is -0.610. The van der Waals surface area contributed by atoms with Crippen molar-refractivity contribution in [1.29, 1.82) is 0 Å². The fourth-order valence-corrected chi connectivity index (χ4v) is 1.08. The third kappa shape index (κ3) is 7.33. The topological polar surface area (TPSA) is 61.4 Å². The molecule has 90 valence electrons. The van der Waals surface area contributed by atoms with Gasteiger partial charge < -0.3 is 15.7 Å². The Morgan fingerprint density at radius 3 is 2.60 bits per heavy atom. The Labute approximate surface area is 92.4 Å². The highest BCUT2D eigenvalue weighted by Gasteiger charge is 2.11. The van der Waals surface area contributed by atoms with Crippen LogP contribution in [-0.4, -0.2) is 36.8 Å². The van der Waals surface area contributed by atoms with Gasteiger partial charge in [-0.25, -0.2) is 0 Å². The normalized spacial score (nSPS) is 14.7. The second kappa shape index (κ2) is 8.68. The number of aliphatic hydroxyl groups is 1. The van der Waals surface area contributed by atoms with E-state index in [-0.39, 0.29) is 24.5 Å². The van der Waals surface area contributed by atoms with Crippen molar-refractivity contribution in [3.05, 3.63) is 0 Å². The average molecular weight is 216 g/mol. The number of nitrogens with one attached hydrogen (secondary N) is 2. The lowest BCUT2D eigenvalue weighted by atomic mass is 10.1. The molecule has 0 aliphatic rings. The second-order valence-corrected chi connectivity index (χ2v) is 4.03. The number of hydrogen-bond donors (Lipinski definition) is 3. The van der Waals surface area contributed by atoms with Gasteiger partial charge in [-0.05, 0) is 19.3 Å². The van der Waals surface area contributed by atoms with E-state index in [9.17, 15) is 4.79 Å². The predicted molar refractivity (Wildman–Crippen MR) is 61.6 cm³/mol. The van der Waals surface area contributed by atoms with Gasteiger partial charge in [0.15, 0.2) is 0 Å². The van der Waals surface area contributed by atoms with Gasteiger partial charge in [0.2, 0.25) is 5.91 Å². The van der Waals surface area contributed by atoms with Crippen molar-refractivity contribution >= 4 is 5.91 Å². The third-order valence-corrected chi connectivity index (χ3v) is 2.58. The summed E-state index contributed by atoms with van der Waals surface area (Å²) < 4.78 is 0. The molecule has 0 aromatic rings. The second-order valence-electron chi connectivity index (χ2n) is 4.03. The molecule has 0 saturated carbocycles. The van der Waals surface area contributed by atoms with Crippen LogP contribution in [0.5, 0.6) is 0 Å². The minimum absolute atomic E-state index is 0.0282. The smallest absolute Gasteiger partial charge is 0.233 e. The summed E-state index contributed by atoms with van der Waals surface area (Å²) in [4.78, 5) is 11.3. The number of rotatable bonds is 8. The van der Waals surface area contributed by atoms with Crippen LogP contribution >= 0.6 is 0 Å². The van der Waals surface area contributed by atoms with Crippen LogP contribution in [-0.2, 0) is 4.79 Å². The van der Waals surface area contributed by atoms with E-state index >= 15 is 0 Å². The fourth-order valence-electron chi connectivity index (χ4n) is 1.08. The fraction of sp³-hybridized carbons (Fsp3) is 0.909. The van der Waals surface area contributed by atoms with Gasteiger partial charge in [-0.15, -0.1) is 0 Å². The first-order valence-corrected chi connectivity index (χ1v) is 5.72. The Bertz CT molecular complexity index is 174. The molecule has 0 radical (unpaired) electrons. The number of unbranched alkanes of at least 4 members (excludes halogenated alkanes) is 1. The van der Waals surface area contributed by atoms with Crippen molar-refractivity contribution in [3.63, 3.8) is 0 Å². The van der Waals surface area contributed by atoms with E-state index < -0.39 is 0 Å². The maximum Gasteiger partial charge on any atom is 0.233 e. The molecule has 0 aromatic carbocycles. The summed E-state index contributed by atoms with van der Waals surface area (Å²) in [5, 5.41) is 14.8. The molecule has 0 rings (SSSR count). The highest BCUT2D eigenvalue weighted by Crippen LogP contribution is 1.99. The van der Waals surface area contributed by atoms with Crippen molar-refractivity contribution in [2.75, 3.05) is 19.7 Å². The predicted octanol–water partition coefficient (Wildman–Crippen LogP) is 0.509. The Kier molecular flexibility index (Phi) is 8.33. The van der Waals surface area contributed by atoms with E-state index in [0.29, 0.717) is 6.54 Å². The van der Waals surface area contributed by atoms with E-state index in [2.05, 4.69) is 17.6 Å². The van der Waals surface area contributed by atoms with Crippen molar-refractivity contribution in [2.45, 2.75) is 39.7 Å². The van der Waals surface area contributed by atoms with Gasteiger partial charge in [0.1, 0.15) is 0 Å². The van der Waals surface area contributed by atoms with Crippen LogP contribution in [0.25, 0.3) is 0 Å². The number of hydrogen-bond acceptors (Lipinski definition) is 3. The molecule has 0 saturated heterocycles. The summed E-state index contributed by atoms with van der Waals surface area (Å²) in [6.07, 6.45) is 2.11. The van der Waals surface area contributed by atoms with E-state index in [1.54, 1.807) is 0 Å². The van der Waals surface area contributed by atoms with Crippen molar-refractivity contribution < 1.29 is 9.90 Å². The lowest BCUT2D eigenvalue weighted by Gasteiger charge is -2.18. The van der Waals surface area contributed by atoms with Gasteiger partial charge >= 0.3 is 0 Å². The first kappa shape index (κ1) is 14.4. The van der Waals surface area contributed by atoms with Gasteiger partial charge in [-0.3, -0.25) is 4.79 Å². The number of carbonyl (C=O) groups excluding carboxylic acids is 1. The lowest BCUT2D eigenvalue weighted by Crippen LogP contribution is -2.41. The van der Waals surface area contributed by atoms with Crippen molar-refractivity contribution in [1.82, 2.24) is 10.6 Å². The minimum atomic E-state index is 0.0282. The molecule has 0 fully saturated rings. The van der Waals surface area contributed by atoms with E-state index in [1.165, 1.54) is 0 Å². The number of aliphatic hydroxyl groups excluding tert-OH is 1. The van der Waals surface area contributed by atoms with Crippen LogP contribution in [0.4, 0.5) is 0 Å². The monoisotopic (exact) mass is 216 g/mol. The molecular formula is C11H24N2O2. The van der Waals surface area contributed by atoms with E-state index in [4.69, 9.17) is 5.11 Å². The first-order chi connectivity index (χ1) is 7.11. The molecule has 2 atom stereocenters. The van der Waals surface area contributed by atoms with Crippen LogP contribution in [0, 0.1) is 5.92 Å². The Balaban J connectivity index is 3.52. The molecule has 0 heterocycles. The molecule has 0 aliphatic heterocycles. The van der Waals surface area contributed by atoms with Crippen LogP contribution in [0.15, 0.2) is 0 Å². The van der Waals surface area contributed by atoms with Crippen LogP contribution in [0.2, 0.25) is 0 Å². The zero-order valence-corrected chi connectivity index (χ0v) is 10.0. The SMILES string of the molecule is CCCCNC(=O)CNC(C)C(C)CO. The maximum atomic E-state index is 11.3. The maximum absolute atomic E-state index is 11.3.